The molecule has 0 amide bonds. The number of thioether (sulfide) groups is 1. The van der Waals surface area contributed by atoms with Crippen LogP contribution < -0.4 is 23.8 Å². The van der Waals surface area contributed by atoms with Crippen LogP contribution in [0.25, 0.3) is 11.3 Å². The van der Waals surface area contributed by atoms with E-state index < -0.39 is 0 Å². The molecule has 0 bridgehead atoms. The van der Waals surface area contributed by atoms with Crippen LogP contribution in [0.4, 0.5) is 5.69 Å². The summed E-state index contributed by atoms with van der Waals surface area (Å²) in [7, 11) is 8.37. The molecule has 56 heavy (non-hydrogen) atoms. The summed E-state index contributed by atoms with van der Waals surface area (Å²) >= 11 is 1.78. The summed E-state index contributed by atoms with van der Waals surface area (Å²) in [6.07, 6.45) is 8.49. The van der Waals surface area contributed by atoms with Gasteiger partial charge >= 0.3 is 0 Å². The fraction of sp³-hybridized carbons (Fsp3) is 0.435. The van der Waals surface area contributed by atoms with Crippen molar-refractivity contribution in [3.05, 3.63) is 101 Å². The Morgan fingerprint density at radius 2 is 1.61 bits per heavy atom. The van der Waals surface area contributed by atoms with E-state index in [2.05, 4.69) is 90.6 Å². The maximum atomic E-state index is 5.66. The van der Waals surface area contributed by atoms with Crippen molar-refractivity contribution < 1.29 is 23.7 Å². The number of hydrogen-bond donors (Lipinski definition) is 0. The van der Waals surface area contributed by atoms with Gasteiger partial charge in [0.1, 0.15) is 11.5 Å². The standard InChI is InChI=1S/C44H56N4O5S.C2H6/c1-10-45-40(34-22-41(50-5)31(3)42(23-34)51-6)20-30(2)27-47-18-16-36(17-19-47)48(37-12-11-13-38(25-37)54-9)28-32-14-15-39(46-26-32)33-21-35(29-49-4)44(53-8)43(24-33)52-7;1-2/h11-15,20-26,36H,10,16-19,27-29H2,1-9H3;1-2H3/b30-20+,45-40?;. The summed E-state index contributed by atoms with van der Waals surface area (Å²) in [5.74, 6) is 2.94. The quantitative estimate of drug-likeness (QED) is 0.0769. The number of nitrogens with zero attached hydrogens (tertiary/aromatic N) is 4. The summed E-state index contributed by atoms with van der Waals surface area (Å²) in [5, 5.41) is 0. The van der Waals surface area contributed by atoms with E-state index in [-0.39, 0.29) is 0 Å². The van der Waals surface area contributed by atoms with E-state index >= 15 is 0 Å². The highest BCUT2D eigenvalue weighted by Crippen LogP contribution is 2.37. The second kappa shape index (κ2) is 22.3. The lowest BCUT2D eigenvalue weighted by Crippen LogP contribution is -2.45. The molecule has 5 rings (SSSR count). The molecule has 4 aromatic rings. The van der Waals surface area contributed by atoms with Crippen molar-refractivity contribution >= 4 is 23.2 Å². The number of piperidine rings is 1. The Balaban J connectivity index is 0.00000342. The van der Waals surface area contributed by atoms with Crippen LogP contribution in [-0.4, -0.2) is 89.6 Å². The van der Waals surface area contributed by atoms with Crippen LogP contribution in [0.1, 0.15) is 62.8 Å². The first-order valence-electron chi connectivity index (χ1n) is 19.5. The number of likely N-dealkylation sites (tertiary alicyclic amines) is 1. The van der Waals surface area contributed by atoms with Crippen LogP contribution in [0.15, 0.2) is 88.4 Å². The summed E-state index contributed by atoms with van der Waals surface area (Å²) in [6.45, 7) is 15.1. The Morgan fingerprint density at radius 1 is 0.911 bits per heavy atom. The third-order valence-corrected chi connectivity index (χ3v) is 10.7. The number of rotatable bonds is 17. The molecule has 1 fully saturated rings. The maximum absolute atomic E-state index is 5.66. The van der Waals surface area contributed by atoms with Gasteiger partial charge in [-0.25, -0.2) is 0 Å². The zero-order valence-corrected chi connectivity index (χ0v) is 36.2. The van der Waals surface area contributed by atoms with E-state index in [4.69, 9.17) is 33.7 Å². The van der Waals surface area contributed by atoms with Crippen LogP contribution >= 0.6 is 11.8 Å². The molecule has 2 heterocycles. The number of hydrogen-bond acceptors (Lipinski definition) is 10. The summed E-state index contributed by atoms with van der Waals surface area (Å²) in [6, 6.07) is 21.7. The average molecular weight is 783 g/mol. The van der Waals surface area contributed by atoms with E-state index in [1.165, 1.54) is 21.7 Å². The van der Waals surface area contributed by atoms with Crippen LogP contribution in [0, 0.1) is 6.92 Å². The van der Waals surface area contributed by atoms with Crippen LogP contribution in [-0.2, 0) is 17.9 Å². The van der Waals surface area contributed by atoms with Crippen molar-refractivity contribution in [2.45, 2.75) is 71.5 Å². The Kier molecular flexibility index (Phi) is 17.6. The zero-order chi connectivity index (χ0) is 40.6. The number of benzene rings is 3. The van der Waals surface area contributed by atoms with Gasteiger partial charge in [0.25, 0.3) is 0 Å². The van der Waals surface area contributed by atoms with Gasteiger partial charge in [-0.3, -0.25) is 14.9 Å². The van der Waals surface area contributed by atoms with Crippen LogP contribution in [0.2, 0.25) is 0 Å². The highest BCUT2D eigenvalue weighted by molar-refractivity contribution is 7.98. The molecule has 0 unspecified atom stereocenters. The molecule has 0 N–H and O–H groups in total. The minimum absolute atomic E-state index is 0.398. The lowest BCUT2D eigenvalue weighted by atomic mass is 10.00. The van der Waals surface area contributed by atoms with Gasteiger partial charge in [-0.05, 0) is 100 Å². The van der Waals surface area contributed by atoms with Gasteiger partial charge in [0.2, 0.25) is 0 Å². The molecule has 1 saturated heterocycles. The first-order valence-corrected chi connectivity index (χ1v) is 20.7. The minimum Gasteiger partial charge on any atom is -0.496 e. The molecule has 1 aromatic heterocycles. The van der Waals surface area contributed by atoms with Crippen molar-refractivity contribution in [3.8, 4) is 34.3 Å². The van der Waals surface area contributed by atoms with Gasteiger partial charge in [-0.15, -0.1) is 11.8 Å². The van der Waals surface area contributed by atoms with Crippen molar-refractivity contribution in [2.75, 3.05) is 72.9 Å². The van der Waals surface area contributed by atoms with Gasteiger partial charge < -0.3 is 28.6 Å². The molecule has 1 aliphatic heterocycles. The van der Waals surface area contributed by atoms with Gasteiger partial charge in [0, 0.05) is 84.9 Å². The van der Waals surface area contributed by atoms with Gasteiger partial charge in [0.15, 0.2) is 11.5 Å². The number of allylic oxidation sites excluding steroid dienone is 1. The van der Waals surface area contributed by atoms with Crippen molar-refractivity contribution in [1.29, 1.82) is 0 Å². The molecule has 0 saturated carbocycles. The van der Waals surface area contributed by atoms with Crippen LogP contribution in [0.3, 0.4) is 0 Å². The van der Waals surface area contributed by atoms with E-state index in [0.717, 1.165) is 84.2 Å². The summed E-state index contributed by atoms with van der Waals surface area (Å²) < 4.78 is 28.0. The monoisotopic (exact) mass is 782 g/mol. The molecule has 0 radical (unpaired) electrons. The number of methoxy groups -OCH3 is 5. The number of aromatic nitrogens is 1. The topological polar surface area (TPSA) is 77.9 Å². The molecule has 3 aromatic carbocycles. The minimum atomic E-state index is 0.398. The highest BCUT2D eigenvalue weighted by Gasteiger charge is 2.26. The molecule has 0 atom stereocenters. The Labute approximate surface area is 340 Å². The fourth-order valence-corrected chi connectivity index (χ4v) is 7.66. The second-order valence-corrected chi connectivity index (χ2v) is 14.4. The summed E-state index contributed by atoms with van der Waals surface area (Å²) in [4.78, 5) is 16.2. The van der Waals surface area contributed by atoms with Gasteiger partial charge in [-0.2, -0.15) is 0 Å². The second-order valence-electron chi connectivity index (χ2n) is 13.5. The fourth-order valence-electron chi connectivity index (χ4n) is 7.21. The maximum Gasteiger partial charge on any atom is 0.166 e. The first-order chi connectivity index (χ1) is 27.2. The smallest absolute Gasteiger partial charge is 0.166 e. The number of anilines is 1. The molecular weight excluding hydrogens is 721 g/mol. The molecule has 0 aliphatic carbocycles. The highest BCUT2D eigenvalue weighted by atomic mass is 32.2. The Hall–Kier alpha value is -4.51. The average Bonchev–Trinajstić information content (AvgIpc) is 3.23. The van der Waals surface area contributed by atoms with Crippen LogP contribution in [0.5, 0.6) is 23.0 Å². The van der Waals surface area contributed by atoms with Crippen molar-refractivity contribution in [1.82, 2.24) is 9.88 Å². The lowest BCUT2D eigenvalue weighted by Gasteiger charge is -2.40. The molecule has 10 heteroatoms. The Morgan fingerprint density at radius 3 is 2.18 bits per heavy atom. The van der Waals surface area contributed by atoms with Crippen molar-refractivity contribution in [2.24, 2.45) is 4.99 Å². The first kappa shape index (κ1) is 44.2. The van der Waals surface area contributed by atoms with Gasteiger partial charge in [-0.1, -0.05) is 31.6 Å². The predicted molar refractivity (Wildman–Crippen MR) is 234 cm³/mol. The van der Waals surface area contributed by atoms with E-state index in [1.54, 1.807) is 47.3 Å². The third-order valence-electron chi connectivity index (χ3n) is 9.94. The Bertz CT molecular complexity index is 1880. The number of aliphatic imine (C=N–C) groups is 1. The van der Waals surface area contributed by atoms with E-state index in [9.17, 15) is 0 Å². The molecule has 9 nitrogen and oxygen atoms in total. The molecule has 302 valence electrons. The van der Waals surface area contributed by atoms with Crippen molar-refractivity contribution in [3.63, 3.8) is 0 Å². The number of pyridine rings is 1. The molecule has 0 spiro atoms. The SMILES string of the molecule is CC.CCN=C(/C=C(\C)CN1CCC(N(Cc2ccc(-c3cc(COC)c(OC)c(OC)c3)nc2)c2cccc(SC)c2)CC1)c1cc(OC)c(C)c(OC)c1. The predicted octanol–water partition coefficient (Wildman–Crippen LogP) is 9.91. The van der Waals surface area contributed by atoms with E-state index in [0.29, 0.717) is 30.7 Å². The lowest BCUT2D eigenvalue weighted by molar-refractivity contribution is 0.181. The normalized spacial score (nSPS) is 13.8. The third kappa shape index (κ3) is 11.3. The summed E-state index contributed by atoms with van der Waals surface area (Å²) in [5.41, 5.74) is 9.36. The van der Waals surface area contributed by atoms with Gasteiger partial charge in [0.05, 0.1) is 46.5 Å². The number of ether oxygens (including phenoxy) is 5. The molecule has 1 aliphatic rings. The molecular formula is C46H62N4O5S. The van der Waals surface area contributed by atoms with E-state index in [1.807, 2.05) is 33.0 Å². The zero-order valence-electron chi connectivity index (χ0n) is 35.4. The largest absolute Gasteiger partial charge is 0.496 e.